The summed E-state index contributed by atoms with van der Waals surface area (Å²) in [6.45, 7) is 4.04. The second-order valence-corrected chi connectivity index (χ2v) is 5.34. The molecule has 0 aliphatic carbocycles. The normalized spacial score (nSPS) is 10.5. The fourth-order valence-corrected chi connectivity index (χ4v) is 1.79. The first-order valence-electron chi connectivity index (χ1n) is 4.74. The highest BCUT2D eigenvalue weighted by molar-refractivity contribution is 14.1. The van der Waals surface area contributed by atoms with Gasteiger partial charge in [0.15, 0.2) is 0 Å². The van der Waals surface area contributed by atoms with Crippen LogP contribution in [0, 0.1) is 9.49 Å². The largest absolute Gasteiger partial charge is 0.326 e. The average Bonchev–Trinajstić information content (AvgIpc) is 2.10. The third-order valence-electron chi connectivity index (χ3n) is 1.80. The van der Waals surface area contributed by atoms with Crippen LogP contribution in [0.1, 0.15) is 20.3 Å². The Balaban J connectivity index is 2.65. The van der Waals surface area contributed by atoms with Crippen LogP contribution in [0.15, 0.2) is 18.2 Å². The van der Waals surface area contributed by atoms with Crippen LogP contribution in [-0.2, 0) is 4.79 Å². The van der Waals surface area contributed by atoms with E-state index in [1.165, 1.54) is 0 Å². The van der Waals surface area contributed by atoms with Crippen molar-refractivity contribution < 1.29 is 4.79 Å². The van der Waals surface area contributed by atoms with Crippen molar-refractivity contribution in [3.05, 3.63) is 26.8 Å². The summed E-state index contributed by atoms with van der Waals surface area (Å²) < 4.78 is 0.941. The number of halogens is 2. The molecule has 0 saturated heterocycles. The van der Waals surface area contributed by atoms with Crippen LogP contribution in [0.4, 0.5) is 5.69 Å². The zero-order chi connectivity index (χ0) is 11.4. The first kappa shape index (κ1) is 12.8. The van der Waals surface area contributed by atoms with Crippen LogP contribution in [0.25, 0.3) is 0 Å². The molecule has 0 aliphatic heterocycles. The first-order chi connectivity index (χ1) is 6.99. The lowest BCUT2D eigenvalue weighted by Gasteiger charge is -2.07. The van der Waals surface area contributed by atoms with Gasteiger partial charge in [-0.05, 0) is 46.7 Å². The van der Waals surface area contributed by atoms with Gasteiger partial charge in [-0.25, -0.2) is 0 Å². The minimum Gasteiger partial charge on any atom is -0.326 e. The standard InChI is InChI=1S/C11H13ClINO/c1-7(2)5-11(15)14-8-3-4-9(12)10(13)6-8/h3-4,6-7H,5H2,1-2H3,(H,14,15). The molecular formula is C11H13ClINO. The van der Waals surface area contributed by atoms with Crippen molar-refractivity contribution in [3.8, 4) is 0 Å². The number of hydrogen-bond donors (Lipinski definition) is 1. The summed E-state index contributed by atoms with van der Waals surface area (Å²) in [4.78, 5) is 11.5. The van der Waals surface area contributed by atoms with E-state index in [-0.39, 0.29) is 5.91 Å². The molecule has 1 N–H and O–H groups in total. The fourth-order valence-electron chi connectivity index (χ4n) is 1.16. The van der Waals surface area contributed by atoms with Crippen LogP contribution in [0.3, 0.4) is 0 Å². The third-order valence-corrected chi connectivity index (χ3v) is 3.34. The van der Waals surface area contributed by atoms with Crippen molar-refractivity contribution >= 4 is 45.8 Å². The molecule has 0 unspecified atom stereocenters. The van der Waals surface area contributed by atoms with E-state index in [1.54, 1.807) is 6.07 Å². The topological polar surface area (TPSA) is 29.1 Å². The summed E-state index contributed by atoms with van der Waals surface area (Å²) in [5.41, 5.74) is 0.800. The predicted octanol–water partition coefficient (Wildman–Crippen LogP) is 3.93. The van der Waals surface area contributed by atoms with Gasteiger partial charge in [-0.15, -0.1) is 0 Å². The smallest absolute Gasteiger partial charge is 0.224 e. The number of benzene rings is 1. The van der Waals surface area contributed by atoms with Crippen molar-refractivity contribution in [2.75, 3.05) is 5.32 Å². The number of anilines is 1. The molecule has 0 bridgehead atoms. The first-order valence-corrected chi connectivity index (χ1v) is 6.19. The highest BCUT2D eigenvalue weighted by Gasteiger charge is 2.06. The summed E-state index contributed by atoms with van der Waals surface area (Å²) in [6, 6.07) is 5.46. The van der Waals surface area contributed by atoms with E-state index in [1.807, 2.05) is 26.0 Å². The van der Waals surface area contributed by atoms with Gasteiger partial charge in [-0.2, -0.15) is 0 Å². The highest BCUT2D eigenvalue weighted by Crippen LogP contribution is 2.22. The van der Waals surface area contributed by atoms with Crippen LogP contribution < -0.4 is 5.32 Å². The van der Waals surface area contributed by atoms with Crippen LogP contribution in [0.5, 0.6) is 0 Å². The van der Waals surface area contributed by atoms with E-state index in [2.05, 4.69) is 27.9 Å². The average molecular weight is 338 g/mol. The Labute approximate surface area is 109 Å². The van der Waals surface area contributed by atoms with Gasteiger partial charge in [0.2, 0.25) is 5.91 Å². The van der Waals surface area contributed by atoms with Crippen molar-refractivity contribution in [2.45, 2.75) is 20.3 Å². The molecular weight excluding hydrogens is 324 g/mol. The van der Waals surface area contributed by atoms with Crippen molar-refractivity contribution in [2.24, 2.45) is 5.92 Å². The van der Waals surface area contributed by atoms with E-state index >= 15 is 0 Å². The van der Waals surface area contributed by atoms with Crippen molar-refractivity contribution in [3.63, 3.8) is 0 Å². The molecule has 0 heterocycles. The zero-order valence-electron chi connectivity index (χ0n) is 8.68. The summed E-state index contributed by atoms with van der Waals surface area (Å²) >= 11 is 8.02. The second-order valence-electron chi connectivity index (χ2n) is 3.78. The summed E-state index contributed by atoms with van der Waals surface area (Å²) in [5, 5.41) is 3.54. The number of hydrogen-bond acceptors (Lipinski definition) is 1. The van der Waals surface area contributed by atoms with Crippen LogP contribution in [-0.4, -0.2) is 5.91 Å². The summed E-state index contributed by atoms with van der Waals surface area (Å²) in [6.07, 6.45) is 0.541. The zero-order valence-corrected chi connectivity index (χ0v) is 11.6. The summed E-state index contributed by atoms with van der Waals surface area (Å²) in [7, 11) is 0. The lowest BCUT2D eigenvalue weighted by molar-refractivity contribution is -0.116. The van der Waals surface area contributed by atoms with E-state index in [0.717, 1.165) is 9.26 Å². The van der Waals surface area contributed by atoms with Gasteiger partial charge >= 0.3 is 0 Å². The Hall–Kier alpha value is -0.290. The fraction of sp³-hybridized carbons (Fsp3) is 0.364. The number of amides is 1. The SMILES string of the molecule is CC(C)CC(=O)Nc1ccc(Cl)c(I)c1. The minimum absolute atomic E-state index is 0.0446. The number of carbonyl (C=O) groups excluding carboxylic acids is 1. The van der Waals surface area contributed by atoms with Crippen LogP contribution in [0.2, 0.25) is 5.02 Å². The molecule has 0 aromatic heterocycles. The van der Waals surface area contributed by atoms with Gasteiger partial charge in [0, 0.05) is 15.7 Å². The van der Waals surface area contributed by atoms with E-state index < -0.39 is 0 Å². The Bertz CT molecular complexity index is 366. The minimum atomic E-state index is 0.0446. The number of nitrogens with one attached hydrogen (secondary N) is 1. The maximum Gasteiger partial charge on any atom is 0.224 e. The maximum absolute atomic E-state index is 11.5. The highest BCUT2D eigenvalue weighted by atomic mass is 127. The molecule has 82 valence electrons. The number of carbonyl (C=O) groups is 1. The quantitative estimate of drug-likeness (QED) is 0.832. The van der Waals surface area contributed by atoms with Gasteiger partial charge in [0.1, 0.15) is 0 Å². The number of rotatable bonds is 3. The molecule has 0 fully saturated rings. The Morgan fingerprint density at radius 3 is 2.73 bits per heavy atom. The molecule has 0 spiro atoms. The second kappa shape index (κ2) is 5.70. The lowest BCUT2D eigenvalue weighted by atomic mass is 10.1. The van der Waals surface area contributed by atoms with E-state index in [0.29, 0.717) is 17.4 Å². The van der Waals surface area contributed by atoms with E-state index in [4.69, 9.17) is 11.6 Å². The molecule has 0 radical (unpaired) electrons. The van der Waals surface area contributed by atoms with Crippen LogP contribution >= 0.6 is 34.2 Å². The molecule has 0 atom stereocenters. The monoisotopic (exact) mass is 337 g/mol. The van der Waals surface area contributed by atoms with Gasteiger partial charge in [-0.3, -0.25) is 4.79 Å². The molecule has 0 saturated carbocycles. The van der Waals surface area contributed by atoms with E-state index in [9.17, 15) is 4.79 Å². The van der Waals surface area contributed by atoms with Gasteiger partial charge in [0.25, 0.3) is 0 Å². The molecule has 4 heteroatoms. The molecule has 0 aliphatic rings. The van der Waals surface area contributed by atoms with Gasteiger partial charge < -0.3 is 5.32 Å². The molecule has 2 nitrogen and oxygen atoms in total. The van der Waals surface area contributed by atoms with Crippen molar-refractivity contribution in [1.29, 1.82) is 0 Å². The Kier molecular flexibility index (Phi) is 4.86. The lowest BCUT2D eigenvalue weighted by Crippen LogP contribution is -2.13. The third kappa shape index (κ3) is 4.38. The van der Waals surface area contributed by atoms with Gasteiger partial charge in [0.05, 0.1) is 5.02 Å². The maximum atomic E-state index is 11.5. The Morgan fingerprint density at radius 2 is 2.20 bits per heavy atom. The summed E-state index contributed by atoms with van der Waals surface area (Å²) in [5.74, 6) is 0.416. The Morgan fingerprint density at radius 1 is 1.53 bits per heavy atom. The molecule has 1 aromatic carbocycles. The van der Waals surface area contributed by atoms with Gasteiger partial charge in [-0.1, -0.05) is 25.4 Å². The van der Waals surface area contributed by atoms with Crippen molar-refractivity contribution in [1.82, 2.24) is 0 Å². The molecule has 1 amide bonds. The molecule has 1 rings (SSSR count). The molecule has 15 heavy (non-hydrogen) atoms. The predicted molar refractivity (Wildman–Crippen MR) is 72.3 cm³/mol. The molecule has 1 aromatic rings.